The van der Waals surface area contributed by atoms with Gasteiger partial charge in [0.25, 0.3) is 5.91 Å². The van der Waals surface area contributed by atoms with Gasteiger partial charge in [-0.25, -0.2) is 0 Å². The molecule has 2 aliphatic heterocycles. The van der Waals surface area contributed by atoms with Crippen LogP contribution in [0, 0.1) is 0 Å². The first kappa shape index (κ1) is 24.7. The highest BCUT2D eigenvalue weighted by molar-refractivity contribution is 5.88. The SMILES string of the molecule is CC1(C)CC2(CC(C)(C)N1Cc1ccccc1)OC1(CCCCCCCCCCC1)NC2=O. The first-order chi connectivity index (χ1) is 15.7. The van der Waals surface area contributed by atoms with Crippen LogP contribution in [0.15, 0.2) is 30.3 Å². The number of piperidine rings is 1. The highest BCUT2D eigenvalue weighted by Gasteiger charge is 2.62. The second-order valence-electron chi connectivity index (χ2n) is 12.3. The van der Waals surface area contributed by atoms with Crippen LogP contribution in [0.4, 0.5) is 0 Å². The lowest BCUT2D eigenvalue weighted by molar-refractivity contribution is -0.192. The first-order valence-electron chi connectivity index (χ1n) is 13.5. The van der Waals surface area contributed by atoms with Gasteiger partial charge in [0.15, 0.2) is 5.60 Å². The largest absolute Gasteiger partial charge is 0.339 e. The lowest BCUT2D eigenvalue weighted by atomic mass is 9.70. The van der Waals surface area contributed by atoms with Crippen molar-refractivity contribution >= 4 is 5.91 Å². The van der Waals surface area contributed by atoms with Crippen molar-refractivity contribution in [3.05, 3.63) is 35.9 Å². The Morgan fingerprint density at radius 2 is 1.27 bits per heavy atom. The number of benzene rings is 1. The van der Waals surface area contributed by atoms with Crippen molar-refractivity contribution < 1.29 is 9.53 Å². The number of hydrogen-bond acceptors (Lipinski definition) is 3. The number of carbonyl (C=O) groups is 1. The van der Waals surface area contributed by atoms with Crippen molar-refractivity contribution in [2.75, 3.05) is 0 Å². The molecule has 184 valence electrons. The van der Waals surface area contributed by atoms with E-state index in [1.54, 1.807) is 0 Å². The second kappa shape index (κ2) is 9.70. The topological polar surface area (TPSA) is 41.6 Å². The summed E-state index contributed by atoms with van der Waals surface area (Å²) in [6.45, 7) is 10.1. The molecule has 2 saturated heterocycles. The van der Waals surface area contributed by atoms with Gasteiger partial charge in [0.2, 0.25) is 0 Å². The van der Waals surface area contributed by atoms with Gasteiger partial charge in [0.05, 0.1) is 0 Å². The highest BCUT2D eigenvalue weighted by Crippen LogP contribution is 2.51. The molecular formula is C29H46N2O2. The van der Waals surface area contributed by atoms with Gasteiger partial charge in [-0.2, -0.15) is 0 Å². The average Bonchev–Trinajstić information content (AvgIpc) is 2.98. The molecule has 0 radical (unpaired) electrons. The van der Waals surface area contributed by atoms with Crippen LogP contribution in [0.1, 0.15) is 117 Å². The number of amides is 1. The number of ether oxygens (including phenoxy) is 1. The van der Waals surface area contributed by atoms with Crippen molar-refractivity contribution in [1.29, 1.82) is 0 Å². The van der Waals surface area contributed by atoms with Crippen molar-refractivity contribution in [3.63, 3.8) is 0 Å². The minimum absolute atomic E-state index is 0.134. The van der Waals surface area contributed by atoms with Gasteiger partial charge in [-0.1, -0.05) is 75.3 Å². The molecule has 33 heavy (non-hydrogen) atoms. The number of hydrogen-bond donors (Lipinski definition) is 1. The van der Waals surface area contributed by atoms with E-state index in [0.717, 1.165) is 45.1 Å². The molecular weight excluding hydrogens is 408 g/mol. The van der Waals surface area contributed by atoms with E-state index in [1.807, 2.05) is 0 Å². The Kier molecular flexibility index (Phi) is 7.27. The van der Waals surface area contributed by atoms with E-state index >= 15 is 0 Å². The molecule has 3 fully saturated rings. The molecule has 2 spiro atoms. The number of likely N-dealkylation sites (tertiary alicyclic amines) is 1. The monoisotopic (exact) mass is 454 g/mol. The van der Waals surface area contributed by atoms with Crippen LogP contribution >= 0.6 is 0 Å². The number of nitrogens with zero attached hydrogens (tertiary/aromatic N) is 1. The van der Waals surface area contributed by atoms with Crippen molar-refractivity contribution in [3.8, 4) is 0 Å². The predicted octanol–water partition coefficient (Wildman–Crippen LogP) is 6.73. The Balaban J connectivity index is 1.54. The molecule has 1 aromatic rings. The van der Waals surface area contributed by atoms with E-state index in [4.69, 9.17) is 4.74 Å². The van der Waals surface area contributed by atoms with Crippen LogP contribution in [0.5, 0.6) is 0 Å². The van der Waals surface area contributed by atoms with Crippen molar-refractivity contribution in [2.45, 2.75) is 140 Å². The fourth-order valence-corrected chi connectivity index (χ4v) is 7.07. The Labute approximate surface area is 201 Å². The van der Waals surface area contributed by atoms with E-state index < -0.39 is 11.3 Å². The fourth-order valence-electron chi connectivity index (χ4n) is 7.07. The van der Waals surface area contributed by atoms with Gasteiger partial charge in [-0.05, 0) is 58.9 Å². The van der Waals surface area contributed by atoms with Crippen LogP contribution in [0.2, 0.25) is 0 Å². The molecule has 3 aliphatic rings. The lowest BCUT2D eigenvalue weighted by Gasteiger charge is -2.57. The Morgan fingerprint density at radius 3 is 1.79 bits per heavy atom. The highest BCUT2D eigenvalue weighted by atomic mass is 16.6. The fraction of sp³-hybridized carbons (Fsp3) is 0.759. The maximum absolute atomic E-state index is 13.7. The molecule has 1 N–H and O–H groups in total. The van der Waals surface area contributed by atoms with Gasteiger partial charge in [-0.15, -0.1) is 0 Å². The summed E-state index contributed by atoms with van der Waals surface area (Å²) < 4.78 is 7.02. The maximum atomic E-state index is 13.7. The third-order valence-corrected chi connectivity index (χ3v) is 8.39. The molecule has 0 unspecified atom stereocenters. The van der Waals surface area contributed by atoms with Crippen molar-refractivity contribution in [1.82, 2.24) is 10.2 Å². The predicted molar refractivity (Wildman–Crippen MR) is 135 cm³/mol. The summed E-state index contributed by atoms with van der Waals surface area (Å²) in [4.78, 5) is 16.3. The Morgan fingerprint density at radius 1 is 0.788 bits per heavy atom. The third kappa shape index (κ3) is 5.48. The van der Waals surface area contributed by atoms with Crippen LogP contribution < -0.4 is 5.32 Å². The lowest BCUT2D eigenvalue weighted by Crippen LogP contribution is -2.66. The van der Waals surface area contributed by atoms with Crippen LogP contribution in [-0.4, -0.2) is 33.2 Å². The Bertz CT molecular complexity index is 771. The van der Waals surface area contributed by atoms with Gasteiger partial charge in [0, 0.05) is 30.5 Å². The zero-order chi connectivity index (χ0) is 23.6. The molecule has 1 saturated carbocycles. The van der Waals surface area contributed by atoms with Crippen LogP contribution in [-0.2, 0) is 16.1 Å². The first-order valence-corrected chi connectivity index (χ1v) is 13.5. The molecule has 2 heterocycles. The minimum Gasteiger partial charge on any atom is -0.339 e. The van der Waals surface area contributed by atoms with Crippen LogP contribution in [0.3, 0.4) is 0 Å². The molecule has 0 bridgehead atoms. The molecule has 1 aromatic carbocycles. The molecule has 4 nitrogen and oxygen atoms in total. The molecule has 1 aliphatic carbocycles. The average molecular weight is 455 g/mol. The summed E-state index contributed by atoms with van der Waals surface area (Å²) in [7, 11) is 0. The van der Waals surface area contributed by atoms with Gasteiger partial charge in [-0.3, -0.25) is 9.69 Å². The van der Waals surface area contributed by atoms with Crippen molar-refractivity contribution in [2.24, 2.45) is 0 Å². The number of rotatable bonds is 2. The second-order valence-corrected chi connectivity index (χ2v) is 12.3. The number of carbonyl (C=O) groups excluding carboxylic acids is 1. The maximum Gasteiger partial charge on any atom is 0.254 e. The molecule has 4 rings (SSSR count). The zero-order valence-corrected chi connectivity index (χ0v) is 21.5. The van der Waals surface area contributed by atoms with E-state index in [0.29, 0.717) is 0 Å². The normalized spacial score (nSPS) is 27.6. The van der Waals surface area contributed by atoms with E-state index in [1.165, 1.54) is 50.5 Å². The zero-order valence-electron chi connectivity index (χ0n) is 21.5. The molecule has 0 aromatic heterocycles. The summed E-state index contributed by atoms with van der Waals surface area (Å²) in [6.07, 6.45) is 14.9. The third-order valence-electron chi connectivity index (χ3n) is 8.39. The van der Waals surface area contributed by atoms with E-state index in [9.17, 15) is 4.79 Å². The summed E-state index contributed by atoms with van der Waals surface area (Å²) in [5.41, 5.74) is -0.166. The summed E-state index contributed by atoms with van der Waals surface area (Å²) in [5, 5.41) is 3.44. The molecule has 4 heteroatoms. The minimum atomic E-state index is -0.725. The smallest absolute Gasteiger partial charge is 0.254 e. The van der Waals surface area contributed by atoms with Crippen LogP contribution in [0.25, 0.3) is 0 Å². The molecule has 0 atom stereocenters. The van der Waals surface area contributed by atoms with E-state index in [2.05, 4.69) is 68.2 Å². The summed E-state index contributed by atoms with van der Waals surface area (Å²) in [5.74, 6) is 0.134. The quantitative estimate of drug-likeness (QED) is 0.539. The van der Waals surface area contributed by atoms with Gasteiger partial charge in [0.1, 0.15) is 5.72 Å². The van der Waals surface area contributed by atoms with Gasteiger partial charge >= 0.3 is 0 Å². The molecule has 1 amide bonds. The van der Waals surface area contributed by atoms with Gasteiger partial charge < -0.3 is 10.1 Å². The standard InChI is InChI=1S/C29H46N2O2/c1-26(2)22-28(23-27(3,4)31(26)21-24-17-13-12-14-18-24)25(32)30-29(33-28)19-15-10-8-6-5-7-9-11-16-20-29/h12-14,17-18H,5-11,15-16,19-23H2,1-4H3,(H,30,32). The number of nitrogens with one attached hydrogen (secondary N) is 1. The van der Waals surface area contributed by atoms with E-state index in [-0.39, 0.29) is 17.0 Å². The Hall–Kier alpha value is -1.39. The summed E-state index contributed by atoms with van der Waals surface area (Å²) >= 11 is 0. The summed E-state index contributed by atoms with van der Waals surface area (Å²) in [6, 6.07) is 10.7.